The van der Waals surface area contributed by atoms with Gasteiger partial charge in [-0.25, -0.2) is 0 Å². The summed E-state index contributed by atoms with van der Waals surface area (Å²) in [5, 5.41) is 11.3. The molecule has 1 amide bonds. The van der Waals surface area contributed by atoms with E-state index in [-0.39, 0.29) is 11.3 Å². The van der Waals surface area contributed by atoms with Gasteiger partial charge in [0.2, 0.25) is 5.91 Å². The van der Waals surface area contributed by atoms with E-state index in [1.165, 1.54) is 0 Å². The Morgan fingerprint density at radius 2 is 2.12 bits per heavy atom. The molecule has 0 aliphatic heterocycles. The van der Waals surface area contributed by atoms with Crippen LogP contribution in [0.15, 0.2) is 0 Å². The van der Waals surface area contributed by atoms with Gasteiger partial charge < -0.3 is 10.4 Å². The normalized spacial score (nSPS) is 16.8. The summed E-state index contributed by atoms with van der Waals surface area (Å²) in [7, 11) is 1.64. The Hall–Kier alpha value is -0.710. The molecule has 16 heavy (non-hydrogen) atoms. The summed E-state index contributed by atoms with van der Waals surface area (Å²) in [5.74, 6) is 1.25. The van der Waals surface area contributed by atoms with Crippen molar-refractivity contribution in [3.05, 3.63) is 0 Å². The molecule has 0 spiro atoms. The molecule has 0 aromatic rings. The molecular formula is C11H19NO3S. The third-order valence-electron chi connectivity index (χ3n) is 2.86. The molecule has 1 saturated carbocycles. The molecule has 0 radical (unpaired) electrons. The van der Waals surface area contributed by atoms with Gasteiger partial charge in [-0.15, -0.1) is 0 Å². The Labute approximate surface area is 100 Å². The van der Waals surface area contributed by atoms with Gasteiger partial charge >= 0.3 is 5.97 Å². The van der Waals surface area contributed by atoms with Crippen molar-refractivity contribution < 1.29 is 14.7 Å². The van der Waals surface area contributed by atoms with Crippen molar-refractivity contribution in [2.45, 2.75) is 32.1 Å². The van der Waals surface area contributed by atoms with Gasteiger partial charge in [0, 0.05) is 13.5 Å². The first kappa shape index (κ1) is 13.4. The molecule has 1 aliphatic carbocycles. The Morgan fingerprint density at radius 1 is 1.44 bits per heavy atom. The Bertz CT molecular complexity index is 264. The van der Waals surface area contributed by atoms with Crippen molar-refractivity contribution in [1.29, 1.82) is 0 Å². The van der Waals surface area contributed by atoms with E-state index in [2.05, 4.69) is 5.32 Å². The van der Waals surface area contributed by atoms with E-state index in [1.807, 2.05) is 0 Å². The van der Waals surface area contributed by atoms with Crippen LogP contribution in [-0.4, -0.2) is 35.5 Å². The molecule has 0 aromatic carbocycles. The van der Waals surface area contributed by atoms with Gasteiger partial charge in [-0.3, -0.25) is 9.59 Å². The summed E-state index contributed by atoms with van der Waals surface area (Å²) in [6, 6.07) is 0. The molecule has 4 nitrogen and oxygen atoms in total. The Balaban J connectivity index is 2.03. The summed E-state index contributed by atoms with van der Waals surface area (Å²) in [5.41, 5.74) is 0.0729. The third-order valence-corrected chi connectivity index (χ3v) is 4.26. The van der Waals surface area contributed by atoms with E-state index >= 15 is 0 Å². The minimum atomic E-state index is -0.691. The first-order valence-electron chi connectivity index (χ1n) is 5.58. The van der Waals surface area contributed by atoms with Crippen LogP contribution in [0.2, 0.25) is 0 Å². The second-order valence-corrected chi connectivity index (χ2v) is 5.51. The van der Waals surface area contributed by atoms with Crippen molar-refractivity contribution in [3.63, 3.8) is 0 Å². The molecule has 1 rings (SSSR count). The number of hydrogen-bond donors (Lipinski definition) is 2. The average Bonchev–Trinajstić information content (AvgIpc) is 2.96. The largest absolute Gasteiger partial charge is 0.481 e. The molecule has 1 aliphatic rings. The maximum absolute atomic E-state index is 10.9. The number of carboxylic acids is 1. The Kier molecular flexibility index (Phi) is 5.12. The van der Waals surface area contributed by atoms with E-state index in [4.69, 9.17) is 5.11 Å². The zero-order valence-electron chi connectivity index (χ0n) is 9.62. The zero-order valence-corrected chi connectivity index (χ0v) is 10.4. The van der Waals surface area contributed by atoms with Crippen molar-refractivity contribution in [1.82, 2.24) is 5.32 Å². The molecule has 0 aromatic heterocycles. The molecule has 0 unspecified atom stereocenters. The molecular weight excluding hydrogens is 226 g/mol. The van der Waals surface area contributed by atoms with Gasteiger partial charge in [-0.2, -0.15) is 11.8 Å². The average molecular weight is 245 g/mol. The summed E-state index contributed by atoms with van der Waals surface area (Å²) in [6.07, 6.45) is 3.82. The molecule has 0 saturated heterocycles. The van der Waals surface area contributed by atoms with Crippen molar-refractivity contribution in [2.24, 2.45) is 5.41 Å². The lowest BCUT2D eigenvalue weighted by atomic mass is 10.1. The number of rotatable bonds is 8. The maximum Gasteiger partial charge on any atom is 0.303 e. The van der Waals surface area contributed by atoms with E-state index in [0.29, 0.717) is 12.8 Å². The minimum absolute atomic E-state index is 0.0729. The molecule has 2 N–H and O–H groups in total. The van der Waals surface area contributed by atoms with Gasteiger partial charge in [-0.05, 0) is 36.2 Å². The summed E-state index contributed by atoms with van der Waals surface area (Å²) < 4.78 is 0. The van der Waals surface area contributed by atoms with Crippen LogP contribution in [0.3, 0.4) is 0 Å². The molecule has 92 valence electrons. The summed E-state index contributed by atoms with van der Waals surface area (Å²) >= 11 is 1.77. The Morgan fingerprint density at radius 3 is 2.62 bits per heavy atom. The second-order valence-electron chi connectivity index (χ2n) is 4.40. The van der Waals surface area contributed by atoms with Gasteiger partial charge in [0.05, 0.1) is 6.42 Å². The van der Waals surface area contributed by atoms with E-state index in [9.17, 15) is 9.59 Å². The van der Waals surface area contributed by atoms with Gasteiger partial charge in [-0.1, -0.05) is 0 Å². The van der Waals surface area contributed by atoms with Crippen LogP contribution < -0.4 is 5.32 Å². The topological polar surface area (TPSA) is 66.4 Å². The number of aliphatic carboxylic acids is 1. The van der Waals surface area contributed by atoms with E-state index in [1.54, 1.807) is 18.8 Å². The molecule has 0 atom stereocenters. The smallest absolute Gasteiger partial charge is 0.303 e. The van der Waals surface area contributed by atoms with Gasteiger partial charge in [0.15, 0.2) is 0 Å². The predicted molar refractivity (Wildman–Crippen MR) is 64.5 cm³/mol. The number of thioether (sulfide) groups is 1. The number of amides is 1. The fraction of sp³-hybridized carbons (Fsp3) is 0.818. The monoisotopic (exact) mass is 245 g/mol. The van der Waals surface area contributed by atoms with Crippen LogP contribution in [0, 0.1) is 5.41 Å². The van der Waals surface area contributed by atoms with Crippen molar-refractivity contribution in [3.8, 4) is 0 Å². The van der Waals surface area contributed by atoms with Crippen LogP contribution >= 0.6 is 11.8 Å². The van der Waals surface area contributed by atoms with Crippen LogP contribution in [0.4, 0.5) is 0 Å². The predicted octanol–water partition coefficient (Wildman–Crippen LogP) is 1.50. The molecule has 0 bridgehead atoms. The fourth-order valence-electron chi connectivity index (χ4n) is 1.62. The van der Waals surface area contributed by atoms with E-state index < -0.39 is 5.97 Å². The summed E-state index contributed by atoms with van der Waals surface area (Å²) in [6.45, 7) is 0. The molecule has 1 fully saturated rings. The first-order valence-corrected chi connectivity index (χ1v) is 6.74. The lowest BCUT2D eigenvalue weighted by molar-refractivity contribution is -0.138. The van der Waals surface area contributed by atoms with Crippen molar-refractivity contribution >= 4 is 23.6 Å². The SMILES string of the molecule is CNC(=O)CCCSCC1(CC(=O)O)CC1. The van der Waals surface area contributed by atoms with Crippen LogP contribution in [-0.2, 0) is 9.59 Å². The molecule has 5 heteroatoms. The van der Waals surface area contributed by atoms with Crippen LogP contribution in [0.5, 0.6) is 0 Å². The fourth-order valence-corrected chi connectivity index (χ4v) is 2.93. The van der Waals surface area contributed by atoms with Gasteiger partial charge in [0.1, 0.15) is 0 Å². The maximum atomic E-state index is 10.9. The second kappa shape index (κ2) is 6.13. The number of nitrogens with one attached hydrogen (secondary N) is 1. The van der Waals surface area contributed by atoms with Gasteiger partial charge in [0.25, 0.3) is 0 Å². The third kappa shape index (κ3) is 4.88. The zero-order chi connectivity index (χ0) is 12.0. The highest BCUT2D eigenvalue weighted by molar-refractivity contribution is 7.99. The number of carboxylic acid groups (broad SMARTS) is 1. The van der Waals surface area contributed by atoms with Crippen LogP contribution in [0.1, 0.15) is 32.1 Å². The lowest BCUT2D eigenvalue weighted by Gasteiger charge is -2.11. The number of carbonyl (C=O) groups excluding carboxylic acids is 1. The highest BCUT2D eigenvalue weighted by Gasteiger charge is 2.43. The first-order chi connectivity index (χ1) is 7.58. The van der Waals surface area contributed by atoms with Crippen molar-refractivity contribution in [2.75, 3.05) is 18.6 Å². The van der Waals surface area contributed by atoms with E-state index in [0.717, 1.165) is 30.8 Å². The number of carbonyl (C=O) groups is 2. The van der Waals surface area contributed by atoms with Crippen LogP contribution in [0.25, 0.3) is 0 Å². The standard InChI is InChI=1S/C11H19NO3S/c1-12-9(13)3-2-6-16-8-11(4-5-11)7-10(14)15/h2-8H2,1H3,(H,12,13)(H,14,15). The quantitative estimate of drug-likeness (QED) is 0.636. The highest BCUT2D eigenvalue weighted by Crippen LogP contribution is 2.51. The highest BCUT2D eigenvalue weighted by atomic mass is 32.2. The summed E-state index contributed by atoms with van der Waals surface area (Å²) in [4.78, 5) is 21.5. The number of hydrogen-bond acceptors (Lipinski definition) is 3. The minimum Gasteiger partial charge on any atom is -0.481 e. The lowest BCUT2D eigenvalue weighted by Crippen LogP contribution is -2.17. The molecule has 0 heterocycles.